The number of ether oxygens (including phenoxy) is 2. The number of benzene rings is 1. The van der Waals surface area contributed by atoms with Gasteiger partial charge in [-0.3, -0.25) is 4.21 Å². The molecule has 0 N–H and O–H groups in total. The maximum atomic E-state index is 14.7. The molecule has 3 atom stereocenters. The summed E-state index contributed by atoms with van der Waals surface area (Å²) in [5, 5.41) is 0. The van der Waals surface area contributed by atoms with Crippen LogP contribution >= 0.6 is 0 Å². The van der Waals surface area contributed by atoms with Crippen molar-refractivity contribution in [1.82, 2.24) is 14.9 Å². The van der Waals surface area contributed by atoms with Crippen molar-refractivity contribution in [2.24, 2.45) is 0 Å². The van der Waals surface area contributed by atoms with E-state index in [-0.39, 0.29) is 18.2 Å². The van der Waals surface area contributed by atoms with E-state index < -0.39 is 16.6 Å². The van der Waals surface area contributed by atoms with Crippen LogP contribution < -0.4 is 9.64 Å². The minimum atomic E-state index is -1.25. The Labute approximate surface area is 189 Å². The average Bonchev–Trinajstić information content (AvgIpc) is 3.19. The summed E-state index contributed by atoms with van der Waals surface area (Å²) in [4.78, 5) is 24.8. The number of hydrogen-bond donors (Lipinski definition) is 0. The quantitative estimate of drug-likeness (QED) is 0.673. The van der Waals surface area contributed by atoms with Crippen molar-refractivity contribution in [3.63, 3.8) is 0 Å². The highest BCUT2D eigenvalue weighted by Gasteiger charge is 2.33. The predicted octanol–water partition coefficient (Wildman–Crippen LogP) is 3.44. The highest BCUT2D eigenvalue weighted by molar-refractivity contribution is 7.84. The molecule has 1 aromatic carbocycles. The van der Waals surface area contributed by atoms with Gasteiger partial charge in [0.25, 0.3) is 0 Å². The van der Waals surface area contributed by atoms with Gasteiger partial charge in [-0.25, -0.2) is 19.2 Å². The highest BCUT2D eigenvalue weighted by atomic mass is 32.2. The van der Waals surface area contributed by atoms with Crippen LogP contribution in [0.15, 0.2) is 29.4 Å². The summed E-state index contributed by atoms with van der Waals surface area (Å²) in [5.41, 5.74) is 1.23. The molecule has 0 saturated carbocycles. The van der Waals surface area contributed by atoms with Gasteiger partial charge in [0.1, 0.15) is 24.1 Å². The standard InChI is InChI=1S/C22H27FN4O4S/c1-4-30-22(28)26-9-7-15(11-14(26)2)31-21-17-8-10-27(20(17)24-13-25-21)19-6-5-16(32(3)29)12-18(19)23/h5-6,12-15H,4,7-11H2,1-3H3. The maximum Gasteiger partial charge on any atom is 0.409 e. The van der Waals surface area contributed by atoms with Crippen molar-refractivity contribution in [1.29, 1.82) is 0 Å². The van der Waals surface area contributed by atoms with Gasteiger partial charge in [-0.15, -0.1) is 0 Å². The van der Waals surface area contributed by atoms with Crippen LogP contribution in [0.4, 0.5) is 20.7 Å². The molecule has 4 rings (SSSR count). The van der Waals surface area contributed by atoms with Crippen molar-refractivity contribution in [3.8, 4) is 5.88 Å². The first-order chi connectivity index (χ1) is 15.4. The first-order valence-electron chi connectivity index (χ1n) is 10.7. The number of fused-ring (bicyclic) bond motifs is 1. The smallest absolute Gasteiger partial charge is 0.409 e. The summed E-state index contributed by atoms with van der Waals surface area (Å²) in [7, 11) is -1.25. The number of nitrogens with zero attached hydrogens (tertiary/aromatic N) is 4. The number of piperidine rings is 1. The zero-order chi connectivity index (χ0) is 22.8. The van der Waals surface area contributed by atoms with E-state index in [2.05, 4.69) is 9.97 Å². The number of aromatic nitrogens is 2. The fraction of sp³-hybridized carbons (Fsp3) is 0.500. The van der Waals surface area contributed by atoms with E-state index in [9.17, 15) is 13.4 Å². The second kappa shape index (κ2) is 9.40. The molecule has 2 aromatic rings. The predicted molar refractivity (Wildman–Crippen MR) is 118 cm³/mol. The molecule has 32 heavy (non-hydrogen) atoms. The molecule has 1 amide bonds. The lowest BCUT2D eigenvalue weighted by Crippen LogP contribution is -2.47. The summed E-state index contributed by atoms with van der Waals surface area (Å²) in [6.07, 6.45) is 4.55. The lowest BCUT2D eigenvalue weighted by molar-refractivity contribution is 0.0433. The van der Waals surface area contributed by atoms with Gasteiger partial charge in [0.15, 0.2) is 0 Å². The summed E-state index contributed by atoms with van der Waals surface area (Å²) in [5.74, 6) is 0.689. The number of hydrogen-bond acceptors (Lipinski definition) is 7. The second-order valence-corrected chi connectivity index (χ2v) is 9.34. The Kier molecular flexibility index (Phi) is 6.59. The molecule has 8 nitrogen and oxygen atoms in total. The first-order valence-corrected chi connectivity index (χ1v) is 12.3. The Morgan fingerprint density at radius 1 is 1.31 bits per heavy atom. The molecule has 3 heterocycles. The van der Waals surface area contributed by atoms with Crippen LogP contribution in [-0.2, 0) is 22.0 Å². The number of likely N-dealkylation sites (tertiary alicyclic amines) is 1. The third-order valence-corrected chi connectivity index (χ3v) is 6.79. The molecule has 10 heteroatoms. The maximum absolute atomic E-state index is 14.7. The van der Waals surface area contributed by atoms with E-state index >= 15 is 0 Å². The van der Waals surface area contributed by atoms with Crippen molar-refractivity contribution in [3.05, 3.63) is 35.9 Å². The lowest BCUT2D eigenvalue weighted by Gasteiger charge is -2.36. The molecule has 0 aliphatic carbocycles. The van der Waals surface area contributed by atoms with Gasteiger partial charge in [-0.05, 0) is 38.5 Å². The van der Waals surface area contributed by atoms with E-state index in [1.54, 1.807) is 28.9 Å². The van der Waals surface area contributed by atoms with Crippen molar-refractivity contribution in [2.45, 2.75) is 50.2 Å². The molecule has 2 aliphatic heterocycles. The molecule has 1 fully saturated rings. The fourth-order valence-electron chi connectivity index (χ4n) is 4.26. The monoisotopic (exact) mass is 462 g/mol. The first kappa shape index (κ1) is 22.4. The minimum Gasteiger partial charge on any atom is -0.474 e. The summed E-state index contributed by atoms with van der Waals surface area (Å²) in [6, 6.07) is 4.61. The van der Waals surface area contributed by atoms with Crippen LogP contribution in [0.2, 0.25) is 0 Å². The molecule has 0 bridgehead atoms. The normalized spacial score (nSPS) is 21.2. The molecule has 172 valence electrons. The SMILES string of the molecule is CCOC(=O)N1CCC(Oc2ncnc3c2CCN3c2ccc(S(C)=O)cc2F)CC1C. The largest absolute Gasteiger partial charge is 0.474 e. The van der Waals surface area contributed by atoms with Crippen molar-refractivity contribution < 1.29 is 22.9 Å². The zero-order valence-corrected chi connectivity index (χ0v) is 19.2. The zero-order valence-electron chi connectivity index (χ0n) is 18.4. The van der Waals surface area contributed by atoms with Crippen LogP contribution in [0.5, 0.6) is 5.88 Å². The van der Waals surface area contributed by atoms with Crippen LogP contribution in [0.1, 0.15) is 32.3 Å². The van der Waals surface area contributed by atoms with Crippen LogP contribution in [0.25, 0.3) is 0 Å². The van der Waals surface area contributed by atoms with E-state index in [1.807, 2.05) is 6.92 Å². The Balaban J connectivity index is 1.50. The second-order valence-electron chi connectivity index (χ2n) is 7.96. The van der Waals surface area contributed by atoms with Gasteiger partial charge in [0, 0.05) is 53.9 Å². The number of anilines is 2. The third-order valence-electron chi connectivity index (χ3n) is 5.87. The summed E-state index contributed by atoms with van der Waals surface area (Å²) < 4.78 is 37.7. The number of carbonyl (C=O) groups excluding carboxylic acids is 1. The molecule has 1 aromatic heterocycles. The van der Waals surface area contributed by atoms with E-state index in [4.69, 9.17) is 9.47 Å². The lowest BCUT2D eigenvalue weighted by atomic mass is 10.0. The van der Waals surface area contributed by atoms with Gasteiger partial charge in [-0.2, -0.15) is 0 Å². The molecular weight excluding hydrogens is 435 g/mol. The topological polar surface area (TPSA) is 84.9 Å². The minimum absolute atomic E-state index is 0.00379. The van der Waals surface area contributed by atoms with E-state index in [1.165, 1.54) is 18.6 Å². The number of halogens is 1. The molecule has 2 aliphatic rings. The third kappa shape index (κ3) is 4.41. The Morgan fingerprint density at radius 3 is 2.81 bits per heavy atom. The van der Waals surface area contributed by atoms with Crippen molar-refractivity contribution in [2.75, 3.05) is 30.9 Å². The Morgan fingerprint density at radius 2 is 2.12 bits per heavy atom. The van der Waals surface area contributed by atoms with Gasteiger partial charge in [0.2, 0.25) is 5.88 Å². The van der Waals surface area contributed by atoms with E-state index in [0.29, 0.717) is 61.2 Å². The molecule has 3 unspecified atom stereocenters. The number of amides is 1. The average molecular weight is 463 g/mol. The van der Waals surface area contributed by atoms with Crippen molar-refractivity contribution >= 4 is 28.4 Å². The van der Waals surface area contributed by atoms with E-state index in [0.717, 1.165) is 5.56 Å². The number of carbonyl (C=O) groups is 1. The Bertz CT molecular complexity index is 1040. The summed E-state index contributed by atoms with van der Waals surface area (Å²) in [6.45, 7) is 5.23. The van der Waals surface area contributed by atoms with Gasteiger partial charge >= 0.3 is 6.09 Å². The molecule has 0 spiro atoms. The van der Waals surface area contributed by atoms with Crippen LogP contribution in [0.3, 0.4) is 0 Å². The summed E-state index contributed by atoms with van der Waals surface area (Å²) >= 11 is 0. The molecular formula is C22H27FN4O4S. The van der Waals surface area contributed by atoms with Gasteiger partial charge < -0.3 is 19.3 Å². The fourth-order valence-corrected chi connectivity index (χ4v) is 4.79. The number of rotatable bonds is 5. The van der Waals surface area contributed by atoms with Gasteiger partial charge in [0.05, 0.1) is 17.9 Å². The highest BCUT2D eigenvalue weighted by Crippen LogP contribution is 2.38. The van der Waals surface area contributed by atoms with Crippen LogP contribution in [0, 0.1) is 5.82 Å². The molecule has 1 saturated heterocycles. The molecule has 0 radical (unpaired) electrons. The van der Waals surface area contributed by atoms with Crippen LogP contribution in [-0.4, -0.2) is 63.3 Å². The van der Waals surface area contributed by atoms with Gasteiger partial charge in [-0.1, -0.05) is 0 Å². The Hall–Kier alpha value is -2.75.